The van der Waals surface area contributed by atoms with Crippen molar-refractivity contribution in [3.8, 4) is 0 Å². The van der Waals surface area contributed by atoms with Gasteiger partial charge < -0.3 is 5.11 Å². The lowest BCUT2D eigenvalue weighted by Crippen LogP contribution is -1.74. The number of aliphatic hydroxyl groups excluding tert-OH is 1. The SMILES string of the molecule is CC(C)/C=C/C=C/O. The fourth-order valence-electron chi connectivity index (χ4n) is 0.336. The lowest BCUT2D eigenvalue weighted by Gasteiger charge is -1.87. The standard InChI is InChI=1S/C7H12O/c1-7(2)5-3-4-6-8/h3-8H,1-2H3/b5-3+,6-4+. The number of allylic oxidation sites excluding steroid dienone is 3. The van der Waals surface area contributed by atoms with Crippen molar-refractivity contribution in [1.82, 2.24) is 0 Å². The Morgan fingerprint density at radius 1 is 1.25 bits per heavy atom. The zero-order valence-electron chi connectivity index (χ0n) is 5.33. The third kappa shape index (κ3) is 5.28. The molecule has 1 nitrogen and oxygen atoms in total. The van der Waals surface area contributed by atoms with Gasteiger partial charge in [0.15, 0.2) is 0 Å². The molecule has 8 heavy (non-hydrogen) atoms. The van der Waals surface area contributed by atoms with Gasteiger partial charge in [-0.05, 0) is 12.0 Å². The van der Waals surface area contributed by atoms with Crippen molar-refractivity contribution in [3.63, 3.8) is 0 Å². The summed E-state index contributed by atoms with van der Waals surface area (Å²) in [5, 5.41) is 8.15. The van der Waals surface area contributed by atoms with Crippen LogP contribution in [0.3, 0.4) is 0 Å². The van der Waals surface area contributed by atoms with Crippen molar-refractivity contribution in [2.75, 3.05) is 0 Å². The van der Waals surface area contributed by atoms with Gasteiger partial charge in [0.1, 0.15) is 0 Å². The highest BCUT2D eigenvalue weighted by Gasteiger charge is 1.78. The average molecular weight is 112 g/mol. The van der Waals surface area contributed by atoms with Crippen molar-refractivity contribution in [3.05, 3.63) is 24.5 Å². The average Bonchev–Trinajstić information content (AvgIpc) is 1.66. The lowest BCUT2D eigenvalue weighted by atomic mass is 10.2. The second kappa shape index (κ2) is 4.44. The molecule has 0 bridgehead atoms. The minimum atomic E-state index is 0.561. The molecule has 0 aromatic carbocycles. The molecule has 0 radical (unpaired) electrons. The summed E-state index contributed by atoms with van der Waals surface area (Å²) >= 11 is 0. The van der Waals surface area contributed by atoms with Gasteiger partial charge in [0.25, 0.3) is 0 Å². The summed E-state index contributed by atoms with van der Waals surface area (Å²) in [6.45, 7) is 4.17. The first-order chi connectivity index (χ1) is 3.77. The predicted molar refractivity (Wildman–Crippen MR) is 35.7 cm³/mol. The Morgan fingerprint density at radius 2 is 1.88 bits per heavy atom. The lowest BCUT2D eigenvalue weighted by molar-refractivity contribution is 0.473. The monoisotopic (exact) mass is 112 g/mol. The van der Waals surface area contributed by atoms with E-state index in [0.717, 1.165) is 6.26 Å². The summed E-state index contributed by atoms with van der Waals surface area (Å²) in [5.74, 6) is 0.561. The van der Waals surface area contributed by atoms with E-state index >= 15 is 0 Å². The molecule has 1 heteroatoms. The first kappa shape index (κ1) is 7.28. The van der Waals surface area contributed by atoms with Crippen molar-refractivity contribution in [2.45, 2.75) is 13.8 Å². The maximum atomic E-state index is 8.15. The first-order valence-electron chi connectivity index (χ1n) is 2.75. The van der Waals surface area contributed by atoms with Gasteiger partial charge in [-0.25, -0.2) is 0 Å². The summed E-state index contributed by atoms with van der Waals surface area (Å²) < 4.78 is 0. The summed E-state index contributed by atoms with van der Waals surface area (Å²) in [7, 11) is 0. The first-order valence-corrected chi connectivity index (χ1v) is 2.75. The molecule has 0 heterocycles. The van der Waals surface area contributed by atoms with Crippen LogP contribution >= 0.6 is 0 Å². The van der Waals surface area contributed by atoms with Crippen LogP contribution in [0.2, 0.25) is 0 Å². The van der Waals surface area contributed by atoms with Crippen LogP contribution < -0.4 is 0 Å². The zero-order valence-corrected chi connectivity index (χ0v) is 5.33. The molecule has 0 rings (SSSR count). The van der Waals surface area contributed by atoms with Crippen molar-refractivity contribution >= 4 is 0 Å². The van der Waals surface area contributed by atoms with Gasteiger partial charge in [-0.3, -0.25) is 0 Å². The quantitative estimate of drug-likeness (QED) is 0.429. The van der Waals surface area contributed by atoms with Gasteiger partial charge >= 0.3 is 0 Å². The molecule has 0 aliphatic carbocycles. The van der Waals surface area contributed by atoms with Crippen LogP contribution in [0.15, 0.2) is 24.5 Å². The van der Waals surface area contributed by atoms with Gasteiger partial charge in [0.05, 0.1) is 6.26 Å². The van der Waals surface area contributed by atoms with E-state index in [9.17, 15) is 0 Å². The molecule has 0 atom stereocenters. The molecule has 46 valence electrons. The second-order valence-electron chi connectivity index (χ2n) is 1.97. The molecule has 0 saturated heterocycles. The molecular weight excluding hydrogens is 100 g/mol. The number of hydrogen-bond donors (Lipinski definition) is 1. The van der Waals surface area contributed by atoms with E-state index in [2.05, 4.69) is 13.8 Å². The molecule has 0 saturated carbocycles. The van der Waals surface area contributed by atoms with Crippen LogP contribution in [0.5, 0.6) is 0 Å². The highest BCUT2D eigenvalue weighted by Crippen LogP contribution is 1.92. The highest BCUT2D eigenvalue weighted by atomic mass is 16.2. The number of hydrogen-bond acceptors (Lipinski definition) is 1. The van der Waals surface area contributed by atoms with Crippen molar-refractivity contribution in [2.24, 2.45) is 5.92 Å². The Kier molecular flexibility index (Phi) is 4.04. The second-order valence-corrected chi connectivity index (χ2v) is 1.97. The predicted octanol–water partition coefficient (Wildman–Crippen LogP) is 2.27. The Hall–Kier alpha value is -0.720. The van der Waals surface area contributed by atoms with Gasteiger partial charge in [0.2, 0.25) is 0 Å². The summed E-state index contributed by atoms with van der Waals surface area (Å²) in [6.07, 6.45) is 6.45. The third-order valence-corrected chi connectivity index (χ3v) is 0.693. The van der Waals surface area contributed by atoms with E-state index in [4.69, 9.17) is 5.11 Å². The molecule has 0 fully saturated rings. The number of rotatable bonds is 2. The minimum Gasteiger partial charge on any atom is -0.516 e. The van der Waals surface area contributed by atoms with E-state index in [0.29, 0.717) is 5.92 Å². The molecule has 0 spiro atoms. The van der Waals surface area contributed by atoms with E-state index in [1.54, 1.807) is 6.08 Å². The largest absolute Gasteiger partial charge is 0.516 e. The molecule has 0 amide bonds. The summed E-state index contributed by atoms with van der Waals surface area (Å²) in [4.78, 5) is 0. The Balaban J connectivity index is 3.34. The Labute approximate surface area is 50.3 Å². The molecule has 0 aliphatic heterocycles. The topological polar surface area (TPSA) is 20.2 Å². The van der Waals surface area contributed by atoms with Crippen LogP contribution in [0.1, 0.15) is 13.8 Å². The molecule has 1 N–H and O–H groups in total. The normalized spacial score (nSPS) is 12.4. The van der Waals surface area contributed by atoms with E-state index < -0.39 is 0 Å². The van der Waals surface area contributed by atoms with Gasteiger partial charge in [-0.1, -0.05) is 26.0 Å². The Morgan fingerprint density at radius 3 is 2.25 bits per heavy atom. The molecule has 0 aromatic rings. The fourth-order valence-corrected chi connectivity index (χ4v) is 0.336. The van der Waals surface area contributed by atoms with Gasteiger partial charge in [0, 0.05) is 0 Å². The molecular formula is C7H12O. The van der Waals surface area contributed by atoms with Gasteiger partial charge in [-0.2, -0.15) is 0 Å². The zero-order chi connectivity index (χ0) is 6.41. The maximum Gasteiger partial charge on any atom is 0.0791 e. The summed E-state index contributed by atoms with van der Waals surface area (Å²) in [6, 6.07) is 0. The van der Waals surface area contributed by atoms with E-state index in [1.807, 2.05) is 12.2 Å². The van der Waals surface area contributed by atoms with Crippen LogP contribution in [-0.4, -0.2) is 5.11 Å². The van der Waals surface area contributed by atoms with E-state index in [1.165, 1.54) is 0 Å². The Bertz CT molecular complexity index is 90.6. The molecule has 0 aromatic heterocycles. The highest BCUT2D eigenvalue weighted by molar-refractivity contribution is 5.00. The third-order valence-electron chi connectivity index (χ3n) is 0.693. The van der Waals surface area contributed by atoms with Crippen LogP contribution in [0.4, 0.5) is 0 Å². The minimum absolute atomic E-state index is 0.561. The van der Waals surface area contributed by atoms with Crippen molar-refractivity contribution in [1.29, 1.82) is 0 Å². The molecule has 0 aliphatic rings. The molecule has 0 unspecified atom stereocenters. The van der Waals surface area contributed by atoms with Gasteiger partial charge in [-0.15, -0.1) is 0 Å². The van der Waals surface area contributed by atoms with Crippen LogP contribution in [0, 0.1) is 5.92 Å². The van der Waals surface area contributed by atoms with E-state index in [-0.39, 0.29) is 0 Å². The smallest absolute Gasteiger partial charge is 0.0791 e. The van der Waals surface area contributed by atoms with Crippen molar-refractivity contribution < 1.29 is 5.11 Å². The number of aliphatic hydroxyl groups is 1. The summed E-state index contributed by atoms with van der Waals surface area (Å²) in [5.41, 5.74) is 0. The van der Waals surface area contributed by atoms with Crippen LogP contribution in [0.25, 0.3) is 0 Å². The fraction of sp³-hybridized carbons (Fsp3) is 0.429. The van der Waals surface area contributed by atoms with Crippen LogP contribution in [-0.2, 0) is 0 Å². The maximum absolute atomic E-state index is 8.15.